The van der Waals surface area contributed by atoms with Gasteiger partial charge in [0.05, 0.1) is 6.20 Å². The second-order valence-electron chi connectivity index (χ2n) is 3.71. The zero-order valence-electron chi connectivity index (χ0n) is 7.90. The quantitative estimate of drug-likeness (QED) is 0.768. The molecular weight excluding hydrogens is 162 g/mol. The standard InChI is InChI=1S/C10H15N3/c1-8(9-3-2-4-9)13-10-7-11-5-6-12-10/h5-9H,2-4H2,1H3,(H,12,13). The molecule has 1 aromatic heterocycles. The lowest BCUT2D eigenvalue weighted by Crippen LogP contribution is -2.31. The Balaban J connectivity index is 1.90. The van der Waals surface area contributed by atoms with Gasteiger partial charge in [0.2, 0.25) is 0 Å². The van der Waals surface area contributed by atoms with Crippen molar-refractivity contribution in [3.63, 3.8) is 0 Å². The van der Waals surface area contributed by atoms with E-state index in [9.17, 15) is 0 Å². The van der Waals surface area contributed by atoms with Crippen LogP contribution < -0.4 is 5.32 Å². The van der Waals surface area contributed by atoms with Crippen LogP contribution in [0.3, 0.4) is 0 Å². The lowest BCUT2D eigenvalue weighted by Gasteiger charge is -2.32. The Labute approximate surface area is 78.6 Å². The fourth-order valence-electron chi connectivity index (χ4n) is 1.66. The average molecular weight is 177 g/mol. The van der Waals surface area contributed by atoms with Crippen molar-refractivity contribution in [2.24, 2.45) is 5.92 Å². The Hall–Kier alpha value is -1.12. The third kappa shape index (κ3) is 1.97. The third-order valence-electron chi connectivity index (χ3n) is 2.80. The van der Waals surface area contributed by atoms with Crippen molar-refractivity contribution in [2.75, 3.05) is 5.32 Å². The van der Waals surface area contributed by atoms with Gasteiger partial charge in [-0.15, -0.1) is 0 Å². The van der Waals surface area contributed by atoms with E-state index in [0.29, 0.717) is 6.04 Å². The molecule has 0 bridgehead atoms. The summed E-state index contributed by atoms with van der Waals surface area (Å²) >= 11 is 0. The van der Waals surface area contributed by atoms with E-state index in [1.165, 1.54) is 19.3 Å². The maximum absolute atomic E-state index is 4.19. The Kier molecular flexibility index (Phi) is 2.43. The van der Waals surface area contributed by atoms with Crippen LogP contribution in [0.4, 0.5) is 5.82 Å². The van der Waals surface area contributed by atoms with Gasteiger partial charge in [-0.1, -0.05) is 6.42 Å². The molecule has 1 aromatic rings. The first-order chi connectivity index (χ1) is 6.36. The van der Waals surface area contributed by atoms with E-state index in [1.807, 2.05) is 0 Å². The second-order valence-corrected chi connectivity index (χ2v) is 3.71. The topological polar surface area (TPSA) is 37.8 Å². The summed E-state index contributed by atoms with van der Waals surface area (Å²) < 4.78 is 0. The summed E-state index contributed by atoms with van der Waals surface area (Å²) in [5.41, 5.74) is 0. The Morgan fingerprint density at radius 1 is 1.46 bits per heavy atom. The van der Waals surface area contributed by atoms with Crippen molar-refractivity contribution in [1.82, 2.24) is 9.97 Å². The number of anilines is 1. The van der Waals surface area contributed by atoms with E-state index in [-0.39, 0.29) is 0 Å². The molecule has 1 atom stereocenters. The highest BCUT2D eigenvalue weighted by atomic mass is 15.0. The Morgan fingerprint density at radius 3 is 2.85 bits per heavy atom. The molecule has 1 heterocycles. The van der Waals surface area contributed by atoms with Crippen LogP contribution in [-0.4, -0.2) is 16.0 Å². The van der Waals surface area contributed by atoms with Crippen LogP contribution in [0.5, 0.6) is 0 Å². The summed E-state index contributed by atoms with van der Waals surface area (Å²) in [4.78, 5) is 8.20. The summed E-state index contributed by atoms with van der Waals surface area (Å²) in [6, 6.07) is 0.533. The van der Waals surface area contributed by atoms with Gasteiger partial charge in [0.15, 0.2) is 0 Å². The molecule has 1 saturated carbocycles. The summed E-state index contributed by atoms with van der Waals surface area (Å²) in [6.07, 6.45) is 9.28. The molecule has 3 heteroatoms. The van der Waals surface area contributed by atoms with Gasteiger partial charge < -0.3 is 5.32 Å². The molecule has 1 unspecified atom stereocenters. The predicted octanol–water partition coefficient (Wildman–Crippen LogP) is 2.08. The van der Waals surface area contributed by atoms with Gasteiger partial charge in [-0.3, -0.25) is 4.98 Å². The average Bonchev–Trinajstić information content (AvgIpc) is 2.02. The van der Waals surface area contributed by atoms with E-state index in [0.717, 1.165) is 11.7 Å². The molecule has 0 spiro atoms. The van der Waals surface area contributed by atoms with Gasteiger partial charge in [-0.25, -0.2) is 4.98 Å². The van der Waals surface area contributed by atoms with Crippen LogP contribution in [0, 0.1) is 5.92 Å². The minimum Gasteiger partial charge on any atom is -0.366 e. The van der Waals surface area contributed by atoms with Gasteiger partial charge in [-0.2, -0.15) is 0 Å². The number of hydrogen-bond acceptors (Lipinski definition) is 3. The number of nitrogens with one attached hydrogen (secondary N) is 1. The first-order valence-electron chi connectivity index (χ1n) is 4.89. The van der Waals surface area contributed by atoms with E-state index in [4.69, 9.17) is 0 Å². The first-order valence-corrected chi connectivity index (χ1v) is 4.89. The van der Waals surface area contributed by atoms with Crippen LogP contribution in [0.15, 0.2) is 18.6 Å². The largest absolute Gasteiger partial charge is 0.366 e. The van der Waals surface area contributed by atoms with Crippen LogP contribution in [0.25, 0.3) is 0 Å². The molecule has 1 N–H and O–H groups in total. The number of aromatic nitrogens is 2. The molecule has 1 aliphatic carbocycles. The van der Waals surface area contributed by atoms with E-state index in [2.05, 4.69) is 22.2 Å². The predicted molar refractivity (Wildman–Crippen MR) is 52.5 cm³/mol. The smallest absolute Gasteiger partial charge is 0.144 e. The van der Waals surface area contributed by atoms with E-state index >= 15 is 0 Å². The number of nitrogens with zero attached hydrogens (tertiary/aromatic N) is 2. The molecule has 0 radical (unpaired) electrons. The fourth-order valence-corrected chi connectivity index (χ4v) is 1.66. The van der Waals surface area contributed by atoms with Gasteiger partial charge >= 0.3 is 0 Å². The van der Waals surface area contributed by atoms with E-state index in [1.54, 1.807) is 18.6 Å². The van der Waals surface area contributed by atoms with Crippen LogP contribution in [0.2, 0.25) is 0 Å². The summed E-state index contributed by atoms with van der Waals surface area (Å²) in [6.45, 7) is 2.22. The molecule has 0 aromatic carbocycles. The molecule has 1 fully saturated rings. The van der Waals surface area contributed by atoms with Crippen molar-refractivity contribution >= 4 is 5.82 Å². The van der Waals surface area contributed by atoms with Crippen molar-refractivity contribution in [3.8, 4) is 0 Å². The Morgan fingerprint density at radius 2 is 2.31 bits per heavy atom. The fraction of sp³-hybridized carbons (Fsp3) is 0.600. The molecule has 0 saturated heterocycles. The van der Waals surface area contributed by atoms with Crippen molar-refractivity contribution in [3.05, 3.63) is 18.6 Å². The van der Waals surface area contributed by atoms with Crippen LogP contribution >= 0.6 is 0 Å². The molecule has 0 amide bonds. The maximum atomic E-state index is 4.19. The van der Waals surface area contributed by atoms with E-state index < -0.39 is 0 Å². The first kappa shape index (κ1) is 8.48. The van der Waals surface area contributed by atoms with Crippen LogP contribution in [-0.2, 0) is 0 Å². The molecule has 1 aliphatic rings. The van der Waals surface area contributed by atoms with Crippen molar-refractivity contribution < 1.29 is 0 Å². The summed E-state index contributed by atoms with van der Waals surface area (Å²) in [5.74, 6) is 1.73. The molecule has 0 aliphatic heterocycles. The third-order valence-corrected chi connectivity index (χ3v) is 2.80. The lowest BCUT2D eigenvalue weighted by molar-refractivity contribution is 0.285. The molecule has 2 rings (SSSR count). The molecule has 70 valence electrons. The molecule has 13 heavy (non-hydrogen) atoms. The molecular formula is C10H15N3. The van der Waals surface area contributed by atoms with Crippen molar-refractivity contribution in [1.29, 1.82) is 0 Å². The highest BCUT2D eigenvalue weighted by molar-refractivity contribution is 5.31. The Bertz CT molecular complexity index is 256. The minimum absolute atomic E-state index is 0.533. The monoisotopic (exact) mass is 177 g/mol. The maximum Gasteiger partial charge on any atom is 0.144 e. The SMILES string of the molecule is CC(Nc1cnccn1)C1CCC1. The second kappa shape index (κ2) is 3.73. The van der Waals surface area contributed by atoms with Crippen LogP contribution in [0.1, 0.15) is 26.2 Å². The van der Waals surface area contributed by atoms with Gasteiger partial charge in [0.1, 0.15) is 5.82 Å². The minimum atomic E-state index is 0.533. The zero-order valence-corrected chi connectivity index (χ0v) is 7.90. The van der Waals surface area contributed by atoms with Crippen molar-refractivity contribution in [2.45, 2.75) is 32.2 Å². The normalized spacial score (nSPS) is 19.2. The van der Waals surface area contributed by atoms with Gasteiger partial charge in [0.25, 0.3) is 0 Å². The summed E-state index contributed by atoms with van der Waals surface area (Å²) in [5, 5.41) is 3.37. The number of hydrogen-bond donors (Lipinski definition) is 1. The highest BCUT2D eigenvalue weighted by Crippen LogP contribution is 2.30. The van der Waals surface area contributed by atoms with Gasteiger partial charge in [-0.05, 0) is 25.7 Å². The summed E-state index contributed by atoms with van der Waals surface area (Å²) in [7, 11) is 0. The highest BCUT2D eigenvalue weighted by Gasteiger charge is 2.23. The zero-order chi connectivity index (χ0) is 9.10. The van der Waals surface area contributed by atoms with Gasteiger partial charge in [0, 0.05) is 18.4 Å². The lowest BCUT2D eigenvalue weighted by atomic mass is 9.80. The molecule has 3 nitrogen and oxygen atoms in total. The number of rotatable bonds is 3.